The SMILES string of the molecule is CC[P+](O)(O)O.C[CH-][P+](=O)O.C[CH-][P+](=O)O.[Mg+2]. The molecule has 2 unspecified atom stereocenters. The topological polar surface area (TPSA) is 135 Å². The Hall–Kier alpha value is 1.20. The van der Waals surface area contributed by atoms with Crippen molar-refractivity contribution in [2.45, 2.75) is 20.8 Å². The molecule has 17 heavy (non-hydrogen) atoms. The van der Waals surface area contributed by atoms with Gasteiger partial charge < -0.3 is 0 Å². The van der Waals surface area contributed by atoms with Crippen LogP contribution in [0.4, 0.5) is 0 Å². The van der Waals surface area contributed by atoms with Gasteiger partial charge in [0, 0.05) is 0 Å². The molecule has 0 radical (unpaired) electrons. The summed E-state index contributed by atoms with van der Waals surface area (Å²) in [5, 5.41) is 0. The standard InChI is InChI=1S/C2H8O3P.2C2H5O2P.Mg/c1-2-6(3,4)5;2*1-2-5(3)4;/h3-5H,2H2,1H3;2*2H,1H3,(H,3,4);/q+1;;;+2. The van der Waals surface area contributed by atoms with Crippen molar-refractivity contribution in [2.75, 3.05) is 6.16 Å². The van der Waals surface area contributed by atoms with Crippen molar-refractivity contribution in [1.29, 1.82) is 0 Å². The van der Waals surface area contributed by atoms with Gasteiger partial charge in [-0.3, -0.25) is 0 Å². The number of hydrogen-bond donors (Lipinski definition) is 5. The van der Waals surface area contributed by atoms with E-state index in [0.717, 1.165) is 0 Å². The van der Waals surface area contributed by atoms with Crippen molar-refractivity contribution in [3.05, 3.63) is 12.3 Å². The van der Waals surface area contributed by atoms with Gasteiger partial charge in [0.2, 0.25) is 0 Å². The summed E-state index contributed by atoms with van der Waals surface area (Å²) in [5.41, 5.74) is 0. The van der Waals surface area contributed by atoms with Crippen molar-refractivity contribution in [1.82, 2.24) is 0 Å². The Labute approximate surface area is 120 Å². The Kier molecular flexibility index (Phi) is 27.0. The first kappa shape index (κ1) is 26.7. The average Bonchev–Trinajstić information content (AvgIpc) is 2.18. The van der Waals surface area contributed by atoms with Crippen molar-refractivity contribution in [3.8, 4) is 0 Å². The molecule has 0 amide bonds. The third-order valence-electron chi connectivity index (χ3n) is 0.866. The predicted molar refractivity (Wildman–Crippen MR) is 69.5 cm³/mol. The van der Waals surface area contributed by atoms with E-state index in [1.54, 1.807) is 13.8 Å². The smallest absolute Gasteiger partial charge is 0.193 e. The molecule has 0 aromatic carbocycles. The molecule has 0 aliphatic heterocycles. The minimum atomic E-state index is -3.40. The van der Waals surface area contributed by atoms with Crippen LogP contribution in [0.2, 0.25) is 0 Å². The van der Waals surface area contributed by atoms with Crippen LogP contribution in [0.3, 0.4) is 0 Å². The molecule has 0 fully saturated rings. The number of hydrogen-bond acceptors (Lipinski definition) is 5. The molecule has 7 nitrogen and oxygen atoms in total. The Balaban J connectivity index is -0.0000000729. The molecule has 0 saturated heterocycles. The Morgan fingerprint density at radius 1 is 1.00 bits per heavy atom. The van der Waals surface area contributed by atoms with Gasteiger partial charge in [-0.05, 0) is 19.2 Å². The van der Waals surface area contributed by atoms with Gasteiger partial charge in [-0.2, -0.15) is 24.5 Å². The third-order valence-corrected chi connectivity index (χ3v) is 2.60. The zero-order valence-electron chi connectivity index (χ0n) is 9.96. The zero-order chi connectivity index (χ0) is 13.8. The third kappa shape index (κ3) is 59.1. The van der Waals surface area contributed by atoms with Crippen LogP contribution in [0.1, 0.15) is 20.8 Å². The minimum Gasteiger partial charge on any atom is -0.193 e. The average molecular weight is 319 g/mol. The normalized spacial score (nSPS) is 10.8. The second-order valence-corrected chi connectivity index (χ2v) is 6.39. The second kappa shape index (κ2) is 17.2. The zero-order valence-corrected chi connectivity index (χ0v) is 14.1. The molecule has 98 valence electrons. The van der Waals surface area contributed by atoms with E-state index in [9.17, 15) is 9.13 Å². The first-order valence-electron chi connectivity index (χ1n) is 4.06. The van der Waals surface area contributed by atoms with E-state index < -0.39 is 24.0 Å². The van der Waals surface area contributed by atoms with E-state index in [0.29, 0.717) is 0 Å². The largest absolute Gasteiger partial charge is 2.00 e. The van der Waals surface area contributed by atoms with E-state index in [1.807, 2.05) is 0 Å². The molecule has 0 aromatic heterocycles. The van der Waals surface area contributed by atoms with Gasteiger partial charge in [-0.25, -0.2) is 0 Å². The van der Waals surface area contributed by atoms with Crippen LogP contribution < -0.4 is 0 Å². The summed E-state index contributed by atoms with van der Waals surface area (Å²) < 4.78 is 18.9. The van der Waals surface area contributed by atoms with E-state index in [2.05, 4.69) is 0 Å². The van der Waals surface area contributed by atoms with Gasteiger partial charge in [-0.15, -0.1) is 13.8 Å². The number of rotatable bonds is 3. The van der Waals surface area contributed by atoms with Crippen LogP contribution in [-0.2, 0) is 9.13 Å². The van der Waals surface area contributed by atoms with Crippen LogP contribution in [0, 0.1) is 12.3 Å². The predicted octanol–water partition coefficient (Wildman–Crippen LogP) is 1.17. The van der Waals surface area contributed by atoms with Crippen molar-refractivity contribution in [2.24, 2.45) is 0 Å². The molecule has 0 rings (SSSR count). The summed E-state index contributed by atoms with van der Waals surface area (Å²) in [4.78, 5) is 39.8. The van der Waals surface area contributed by atoms with E-state index in [1.165, 1.54) is 19.2 Å². The van der Waals surface area contributed by atoms with Crippen molar-refractivity contribution in [3.63, 3.8) is 0 Å². The summed E-state index contributed by atoms with van der Waals surface area (Å²) in [6.07, 6.45) is 2.51. The molecule has 0 aromatic rings. The second-order valence-electron chi connectivity index (χ2n) is 2.13. The van der Waals surface area contributed by atoms with Gasteiger partial charge in [0.1, 0.15) is 6.16 Å². The van der Waals surface area contributed by atoms with Crippen molar-refractivity contribution >= 4 is 47.1 Å². The molecule has 0 saturated carbocycles. The van der Waals surface area contributed by atoms with Gasteiger partial charge in [0.05, 0.1) is 0 Å². The summed E-state index contributed by atoms with van der Waals surface area (Å²) in [6, 6.07) is 0. The first-order valence-corrected chi connectivity index (χ1v) is 8.46. The summed E-state index contributed by atoms with van der Waals surface area (Å²) in [5.74, 6) is 0. The Bertz CT molecular complexity index is 183. The fourth-order valence-corrected chi connectivity index (χ4v) is 0. The van der Waals surface area contributed by atoms with Crippen LogP contribution >= 0.6 is 24.0 Å². The molecule has 0 heterocycles. The Morgan fingerprint density at radius 3 is 1.12 bits per heavy atom. The Morgan fingerprint density at radius 2 is 1.12 bits per heavy atom. The maximum Gasteiger partial charge on any atom is 2.00 e. The molecule has 0 spiro atoms. The molecule has 0 bridgehead atoms. The van der Waals surface area contributed by atoms with Gasteiger partial charge in [-0.1, -0.05) is 9.13 Å². The first-order chi connectivity index (χ1) is 7.10. The van der Waals surface area contributed by atoms with E-state index in [-0.39, 0.29) is 29.2 Å². The fraction of sp³-hybridized carbons (Fsp3) is 0.667. The molecule has 11 heteroatoms. The fourth-order valence-electron chi connectivity index (χ4n) is 0. The van der Waals surface area contributed by atoms with Crippen LogP contribution in [0.5, 0.6) is 0 Å². The van der Waals surface area contributed by atoms with Gasteiger partial charge in [0.15, 0.2) is 0 Å². The van der Waals surface area contributed by atoms with Crippen molar-refractivity contribution < 1.29 is 33.6 Å². The summed E-state index contributed by atoms with van der Waals surface area (Å²) >= 11 is 0. The maximum atomic E-state index is 9.46. The van der Waals surface area contributed by atoms with E-state index >= 15 is 0 Å². The monoisotopic (exact) mass is 319 g/mol. The van der Waals surface area contributed by atoms with Gasteiger partial charge in [0.25, 0.3) is 0 Å². The van der Waals surface area contributed by atoms with Gasteiger partial charge >= 0.3 is 47.1 Å². The van der Waals surface area contributed by atoms with Crippen LogP contribution in [0.15, 0.2) is 0 Å². The quantitative estimate of drug-likeness (QED) is 0.299. The molecular formula is C6H18MgO7P3+3. The van der Waals surface area contributed by atoms with Crippen LogP contribution in [-0.4, -0.2) is 53.7 Å². The molecule has 0 aliphatic rings. The molecule has 2 atom stereocenters. The minimum absolute atomic E-state index is 0. The summed E-state index contributed by atoms with van der Waals surface area (Å²) in [6.45, 7) is 4.59. The summed E-state index contributed by atoms with van der Waals surface area (Å²) in [7, 11) is -7.34. The molecule has 0 aliphatic carbocycles. The maximum absolute atomic E-state index is 9.46. The molecule has 5 N–H and O–H groups in total. The van der Waals surface area contributed by atoms with E-state index in [4.69, 9.17) is 24.5 Å². The van der Waals surface area contributed by atoms with Crippen LogP contribution in [0.25, 0.3) is 0 Å². The molecular weight excluding hydrogens is 301 g/mol.